The summed E-state index contributed by atoms with van der Waals surface area (Å²) in [5.74, 6) is 0. The number of ether oxygens (including phenoxy) is 2. The lowest BCUT2D eigenvalue weighted by atomic mass is 9.97. The molecule has 0 bridgehead atoms. The van der Waals surface area contributed by atoms with Crippen LogP contribution in [-0.2, 0) is 20.9 Å². The molecule has 2 aromatic rings. The molecule has 1 saturated heterocycles. The third-order valence-corrected chi connectivity index (χ3v) is 4.78. The molecule has 3 rings (SSSR count). The number of rotatable bonds is 7. The van der Waals surface area contributed by atoms with E-state index in [1.165, 1.54) is 5.06 Å². The lowest BCUT2D eigenvalue weighted by Gasteiger charge is -2.27. The molecule has 0 radical (unpaired) electrons. The van der Waals surface area contributed by atoms with Crippen molar-refractivity contribution < 1.29 is 19.1 Å². The average molecular weight is 410 g/mol. The molecule has 5 heteroatoms. The van der Waals surface area contributed by atoms with E-state index in [1.807, 2.05) is 81.4 Å². The predicted molar refractivity (Wildman–Crippen MR) is 118 cm³/mol. The molecular weight excluding hydrogens is 378 g/mol. The first-order valence-corrected chi connectivity index (χ1v) is 10.4. The van der Waals surface area contributed by atoms with Crippen LogP contribution in [-0.4, -0.2) is 35.5 Å². The van der Waals surface area contributed by atoms with Gasteiger partial charge in [0, 0.05) is 6.42 Å². The minimum atomic E-state index is -0.594. The molecule has 5 nitrogen and oxygen atoms in total. The minimum Gasteiger partial charge on any atom is -0.442 e. The number of benzene rings is 2. The van der Waals surface area contributed by atoms with E-state index >= 15 is 0 Å². The van der Waals surface area contributed by atoms with Gasteiger partial charge in [0.1, 0.15) is 11.7 Å². The zero-order valence-electron chi connectivity index (χ0n) is 18.0. The van der Waals surface area contributed by atoms with Gasteiger partial charge in [0.2, 0.25) is 0 Å². The highest BCUT2D eigenvalue weighted by molar-refractivity contribution is 5.69. The fourth-order valence-corrected chi connectivity index (χ4v) is 3.41. The first-order valence-electron chi connectivity index (χ1n) is 10.4. The Kier molecular flexibility index (Phi) is 7.29. The third-order valence-electron chi connectivity index (χ3n) is 4.78. The van der Waals surface area contributed by atoms with Crippen molar-refractivity contribution in [1.82, 2.24) is 5.06 Å². The molecule has 1 fully saturated rings. The van der Waals surface area contributed by atoms with Crippen LogP contribution >= 0.6 is 0 Å². The van der Waals surface area contributed by atoms with Crippen LogP contribution in [0.15, 0.2) is 67.2 Å². The number of carbonyl (C=O) groups is 1. The highest BCUT2D eigenvalue weighted by Crippen LogP contribution is 2.31. The molecule has 1 amide bonds. The molecule has 2 atom stereocenters. The summed E-state index contributed by atoms with van der Waals surface area (Å²) in [6, 6.07) is 19.8. The Morgan fingerprint density at radius 1 is 1.10 bits per heavy atom. The Labute approximate surface area is 179 Å². The highest BCUT2D eigenvalue weighted by Gasteiger charge is 2.39. The van der Waals surface area contributed by atoms with Crippen molar-refractivity contribution in [1.29, 1.82) is 0 Å². The normalized spacial score (nSPS) is 19.0. The van der Waals surface area contributed by atoms with Gasteiger partial charge in [0.05, 0.1) is 19.3 Å². The topological polar surface area (TPSA) is 48.0 Å². The largest absolute Gasteiger partial charge is 0.442 e. The minimum absolute atomic E-state index is 0.155. The molecule has 1 heterocycles. The highest BCUT2D eigenvalue weighted by atomic mass is 16.7. The summed E-state index contributed by atoms with van der Waals surface area (Å²) in [6.07, 6.45) is 0.590. The summed E-state index contributed by atoms with van der Waals surface area (Å²) >= 11 is 0. The first kappa shape index (κ1) is 22.1. The van der Waals surface area contributed by atoms with E-state index in [0.717, 1.165) is 16.7 Å². The van der Waals surface area contributed by atoms with Crippen molar-refractivity contribution in [2.75, 3.05) is 6.61 Å². The molecule has 0 aliphatic carbocycles. The van der Waals surface area contributed by atoms with Gasteiger partial charge in [0.25, 0.3) is 0 Å². The van der Waals surface area contributed by atoms with Gasteiger partial charge in [-0.25, -0.2) is 4.79 Å². The Hall–Kier alpha value is -2.63. The van der Waals surface area contributed by atoms with Crippen LogP contribution in [0.1, 0.15) is 44.7 Å². The Morgan fingerprint density at radius 3 is 2.37 bits per heavy atom. The maximum Gasteiger partial charge on any atom is 0.434 e. The van der Waals surface area contributed by atoms with Crippen molar-refractivity contribution in [3.63, 3.8) is 0 Å². The summed E-state index contributed by atoms with van der Waals surface area (Å²) in [4.78, 5) is 18.7. The molecule has 2 aromatic carbocycles. The van der Waals surface area contributed by atoms with Gasteiger partial charge in [-0.1, -0.05) is 67.2 Å². The van der Waals surface area contributed by atoms with E-state index in [1.54, 1.807) is 0 Å². The van der Waals surface area contributed by atoms with Crippen molar-refractivity contribution in [3.8, 4) is 0 Å². The number of hydroxylamine groups is 2. The SMILES string of the molecule is C=C(C[C@H]1C[C@@H](COCc2ccccc2)ON1C(=O)OC(C)(C)C)c1ccccc1. The fourth-order valence-electron chi connectivity index (χ4n) is 3.41. The molecule has 0 spiro atoms. The molecular formula is C25H31NO4. The molecule has 0 unspecified atom stereocenters. The summed E-state index contributed by atoms with van der Waals surface area (Å²) < 4.78 is 11.4. The van der Waals surface area contributed by atoms with Gasteiger partial charge >= 0.3 is 6.09 Å². The monoisotopic (exact) mass is 409 g/mol. The number of amides is 1. The van der Waals surface area contributed by atoms with Gasteiger partial charge in [-0.2, -0.15) is 5.06 Å². The summed E-state index contributed by atoms with van der Waals surface area (Å²) in [6.45, 7) is 10.7. The predicted octanol–water partition coefficient (Wildman–Crippen LogP) is 5.62. The smallest absolute Gasteiger partial charge is 0.434 e. The van der Waals surface area contributed by atoms with Gasteiger partial charge in [-0.15, -0.1) is 0 Å². The lowest BCUT2D eigenvalue weighted by Crippen LogP contribution is -2.39. The first-order chi connectivity index (χ1) is 14.3. The van der Waals surface area contributed by atoms with Crippen molar-refractivity contribution >= 4 is 11.7 Å². The van der Waals surface area contributed by atoms with Gasteiger partial charge in [0.15, 0.2) is 0 Å². The van der Waals surface area contributed by atoms with Gasteiger partial charge in [-0.3, -0.25) is 4.84 Å². The molecule has 0 N–H and O–H groups in total. The molecule has 0 saturated carbocycles. The standard InChI is InChI=1S/C25H31NO4/c1-19(21-13-9-6-10-14-21)15-22-16-23(18-28-17-20-11-7-5-8-12-20)30-26(22)24(27)29-25(2,3)4/h5-14,22-23H,1,15-18H2,2-4H3/t22-,23-/m0/s1. The van der Waals surface area contributed by atoms with E-state index in [9.17, 15) is 4.79 Å². The van der Waals surface area contributed by atoms with Crippen LogP contribution in [0.5, 0.6) is 0 Å². The number of hydrogen-bond donors (Lipinski definition) is 0. The van der Waals surface area contributed by atoms with Gasteiger partial charge < -0.3 is 9.47 Å². The summed E-state index contributed by atoms with van der Waals surface area (Å²) in [5, 5.41) is 1.37. The second-order valence-corrected chi connectivity index (χ2v) is 8.60. The quantitative estimate of drug-likeness (QED) is 0.596. The zero-order valence-corrected chi connectivity index (χ0v) is 18.0. The van der Waals surface area contributed by atoms with Crippen LogP contribution < -0.4 is 0 Å². The molecule has 160 valence electrons. The van der Waals surface area contributed by atoms with Crippen LogP contribution in [0.3, 0.4) is 0 Å². The van der Waals surface area contributed by atoms with Crippen LogP contribution in [0.2, 0.25) is 0 Å². The van der Waals surface area contributed by atoms with E-state index < -0.39 is 11.7 Å². The van der Waals surface area contributed by atoms with Crippen molar-refractivity contribution in [2.24, 2.45) is 0 Å². The van der Waals surface area contributed by atoms with Crippen molar-refractivity contribution in [2.45, 2.75) is 58.0 Å². The second kappa shape index (κ2) is 9.92. The molecule has 1 aliphatic rings. The summed E-state index contributed by atoms with van der Waals surface area (Å²) in [7, 11) is 0. The lowest BCUT2D eigenvalue weighted by molar-refractivity contribution is -0.161. The Morgan fingerprint density at radius 2 is 1.73 bits per heavy atom. The van der Waals surface area contributed by atoms with Crippen LogP contribution in [0.4, 0.5) is 4.79 Å². The maximum atomic E-state index is 12.7. The molecule has 30 heavy (non-hydrogen) atoms. The second-order valence-electron chi connectivity index (χ2n) is 8.60. The maximum absolute atomic E-state index is 12.7. The van der Waals surface area contributed by atoms with E-state index in [4.69, 9.17) is 14.3 Å². The van der Waals surface area contributed by atoms with E-state index in [0.29, 0.717) is 26.1 Å². The molecule has 0 aromatic heterocycles. The third kappa shape index (κ3) is 6.44. The molecule has 1 aliphatic heterocycles. The Balaban J connectivity index is 1.62. The van der Waals surface area contributed by atoms with Crippen molar-refractivity contribution in [3.05, 3.63) is 78.4 Å². The number of carbonyl (C=O) groups excluding carboxylic acids is 1. The Bertz CT molecular complexity index is 829. The van der Waals surface area contributed by atoms with E-state index in [-0.39, 0.29) is 12.1 Å². The van der Waals surface area contributed by atoms with E-state index in [2.05, 4.69) is 6.58 Å². The average Bonchev–Trinajstić information content (AvgIpc) is 3.11. The number of hydrogen-bond acceptors (Lipinski definition) is 4. The van der Waals surface area contributed by atoms with Gasteiger partial charge in [-0.05, 0) is 43.9 Å². The number of nitrogens with zero attached hydrogens (tertiary/aromatic N) is 1. The van der Waals surface area contributed by atoms with Crippen LogP contribution in [0.25, 0.3) is 5.57 Å². The fraction of sp³-hybridized carbons (Fsp3) is 0.400. The zero-order chi connectivity index (χ0) is 21.6. The van der Waals surface area contributed by atoms with Crippen LogP contribution in [0, 0.1) is 0 Å². The summed E-state index contributed by atoms with van der Waals surface area (Å²) in [5.41, 5.74) is 2.53.